The molecule has 1 amide bonds. The summed E-state index contributed by atoms with van der Waals surface area (Å²) in [5.74, 6) is 0.506. The van der Waals surface area contributed by atoms with Gasteiger partial charge < -0.3 is 10.0 Å². The van der Waals surface area contributed by atoms with Crippen molar-refractivity contribution in [2.45, 2.75) is 38.1 Å². The quantitative estimate of drug-likeness (QED) is 0.904. The molecule has 0 aliphatic heterocycles. The third-order valence-corrected chi connectivity index (χ3v) is 3.72. The number of carbonyl (C=O) groups is 2. The summed E-state index contributed by atoms with van der Waals surface area (Å²) >= 11 is 0. The number of ketones is 1. The number of hydrogen-bond donors (Lipinski definition) is 1. The minimum Gasteiger partial charge on any atom is -0.508 e. The van der Waals surface area contributed by atoms with E-state index in [1.54, 1.807) is 30.1 Å². The number of nitrogens with zero attached hydrogens (tertiary/aromatic N) is 1. The van der Waals surface area contributed by atoms with E-state index in [1.807, 2.05) is 6.07 Å². The van der Waals surface area contributed by atoms with Gasteiger partial charge in [0, 0.05) is 25.9 Å². The van der Waals surface area contributed by atoms with Crippen LogP contribution in [0.5, 0.6) is 5.75 Å². The number of amides is 1. The van der Waals surface area contributed by atoms with Crippen LogP contribution in [0.3, 0.4) is 0 Å². The molecule has 0 unspecified atom stereocenters. The van der Waals surface area contributed by atoms with Gasteiger partial charge in [-0.05, 0) is 30.5 Å². The topological polar surface area (TPSA) is 57.6 Å². The van der Waals surface area contributed by atoms with Gasteiger partial charge in [-0.25, -0.2) is 0 Å². The van der Waals surface area contributed by atoms with Crippen LogP contribution >= 0.6 is 0 Å². The Morgan fingerprint density at radius 2 is 2.05 bits per heavy atom. The van der Waals surface area contributed by atoms with Gasteiger partial charge in [-0.3, -0.25) is 9.59 Å². The molecule has 102 valence electrons. The molecule has 0 heterocycles. The second-order valence-corrected chi connectivity index (χ2v) is 5.12. The van der Waals surface area contributed by atoms with Gasteiger partial charge in [-0.1, -0.05) is 12.1 Å². The Balaban J connectivity index is 1.94. The van der Waals surface area contributed by atoms with E-state index in [0.29, 0.717) is 18.6 Å². The number of carbonyl (C=O) groups excluding carboxylic acids is 2. The number of phenols is 1. The van der Waals surface area contributed by atoms with Crippen molar-refractivity contribution >= 4 is 11.7 Å². The van der Waals surface area contributed by atoms with E-state index >= 15 is 0 Å². The maximum atomic E-state index is 12.2. The Morgan fingerprint density at radius 1 is 1.37 bits per heavy atom. The number of aromatic hydroxyl groups is 1. The number of benzene rings is 1. The van der Waals surface area contributed by atoms with E-state index in [-0.39, 0.29) is 24.1 Å². The minimum atomic E-state index is 0.0324. The molecular formula is C15H19NO3. The first-order chi connectivity index (χ1) is 9.06. The van der Waals surface area contributed by atoms with Crippen LogP contribution in [0.25, 0.3) is 0 Å². The summed E-state index contributed by atoms with van der Waals surface area (Å²) in [4.78, 5) is 25.1. The zero-order valence-electron chi connectivity index (χ0n) is 11.1. The molecular weight excluding hydrogens is 242 g/mol. The van der Waals surface area contributed by atoms with E-state index in [1.165, 1.54) is 0 Å². The third kappa shape index (κ3) is 3.56. The zero-order chi connectivity index (χ0) is 13.8. The maximum absolute atomic E-state index is 12.2. The highest BCUT2D eigenvalue weighted by Crippen LogP contribution is 2.20. The Bertz CT molecular complexity index is 474. The molecule has 1 aromatic carbocycles. The van der Waals surface area contributed by atoms with Gasteiger partial charge >= 0.3 is 0 Å². The van der Waals surface area contributed by atoms with Crippen molar-refractivity contribution in [2.24, 2.45) is 0 Å². The van der Waals surface area contributed by atoms with Crippen LogP contribution in [-0.4, -0.2) is 34.8 Å². The van der Waals surface area contributed by atoms with Crippen molar-refractivity contribution in [2.75, 3.05) is 7.05 Å². The van der Waals surface area contributed by atoms with Gasteiger partial charge in [0.1, 0.15) is 11.5 Å². The molecule has 1 fully saturated rings. The highest BCUT2D eigenvalue weighted by molar-refractivity contribution is 5.81. The molecule has 1 aromatic rings. The highest BCUT2D eigenvalue weighted by Gasteiger charge is 2.25. The van der Waals surface area contributed by atoms with Crippen molar-refractivity contribution in [3.63, 3.8) is 0 Å². The molecule has 0 aromatic heterocycles. The van der Waals surface area contributed by atoms with Crippen LogP contribution in [0.4, 0.5) is 0 Å². The standard InChI is InChI=1S/C15H19NO3/c1-16(12-5-7-13(17)8-6-12)15(19)10-11-3-2-4-14(18)9-11/h2-4,9,12,18H,5-8,10H2,1H3. The zero-order valence-corrected chi connectivity index (χ0v) is 11.1. The lowest BCUT2D eigenvalue weighted by molar-refractivity contribution is -0.133. The normalized spacial score (nSPS) is 16.4. The summed E-state index contributed by atoms with van der Waals surface area (Å²) in [6.45, 7) is 0. The molecule has 1 saturated carbocycles. The molecule has 1 aliphatic rings. The Hall–Kier alpha value is -1.84. The van der Waals surface area contributed by atoms with Crippen LogP contribution in [0.2, 0.25) is 0 Å². The second kappa shape index (κ2) is 5.87. The van der Waals surface area contributed by atoms with E-state index in [2.05, 4.69) is 0 Å². The SMILES string of the molecule is CN(C(=O)Cc1cccc(O)c1)C1CCC(=O)CC1. The summed E-state index contributed by atoms with van der Waals surface area (Å²) < 4.78 is 0. The van der Waals surface area contributed by atoms with Crippen molar-refractivity contribution < 1.29 is 14.7 Å². The number of Topliss-reactive ketones (excluding diaryl/α,β-unsaturated/α-hetero) is 1. The molecule has 4 heteroatoms. The molecule has 19 heavy (non-hydrogen) atoms. The lowest BCUT2D eigenvalue weighted by Crippen LogP contribution is -2.40. The molecule has 0 saturated heterocycles. The van der Waals surface area contributed by atoms with Gasteiger partial charge in [0.15, 0.2) is 0 Å². The molecule has 2 rings (SSSR count). The van der Waals surface area contributed by atoms with Crippen molar-refractivity contribution in [3.8, 4) is 5.75 Å². The van der Waals surface area contributed by atoms with Crippen LogP contribution in [0.1, 0.15) is 31.2 Å². The number of rotatable bonds is 3. The molecule has 0 radical (unpaired) electrons. The summed E-state index contributed by atoms with van der Waals surface area (Å²) in [5.41, 5.74) is 0.809. The molecule has 1 N–H and O–H groups in total. The molecule has 4 nitrogen and oxygen atoms in total. The fourth-order valence-electron chi connectivity index (χ4n) is 2.48. The minimum absolute atomic E-state index is 0.0324. The molecule has 0 atom stereocenters. The number of phenolic OH excluding ortho intramolecular Hbond substituents is 1. The van der Waals surface area contributed by atoms with Crippen molar-refractivity contribution in [1.29, 1.82) is 0 Å². The monoisotopic (exact) mass is 261 g/mol. The average Bonchev–Trinajstić information content (AvgIpc) is 2.39. The first kappa shape index (κ1) is 13.6. The van der Waals surface area contributed by atoms with Crippen molar-refractivity contribution in [1.82, 2.24) is 4.90 Å². The molecule has 0 bridgehead atoms. The fourth-order valence-corrected chi connectivity index (χ4v) is 2.48. The summed E-state index contributed by atoms with van der Waals surface area (Å²) in [6, 6.07) is 6.93. The molecule has 0 spiro atoms. The first-order valence-corrected chi connectivity index (χ1v) is 6.61. The van der Waals surface area contributed by atoms with E-state index in [9.17, 15) is 14.7 Å². The molecule has 1 aliphatic carbocycles. The van der Waals surface area contributed by atoms with Gasteiger partial charge in [-0.2, -0.15) is 0 Å². The van der Waals surface area contributed by atoms with Gasteiger partial charge in [0.05, 0.1) is 6.42 Å². The Morgan fingerprint density at radius 3 is 2.68 bits per heavy atom. The number of likely N-dealkylation sites (N-methyl/N-ethyl adjacent to an activating group) is 1. The van der Waals surface area contributed by atoms with Gasteiger partial charge in [-0.15, -0.1) is 0 Å². The number of hydrogen-bond acceptors (Lipinski definition) is 3. The van der Waals surface area contributed by atoms with Gasteiger partial charge in [0.25, 0.3) is 0 Å². The summed E-state index contributed by atoms with van der Waals surface area (Å²) in [7, 11) is 1.80. The van der Waals surface area contributed by atoms with Gasteiger partial charge in [0.2, 0.25) is 5.91 Å². The summed E-state index contributed by atoms with van der Waals surface area (Å²) in [6.07, 6.45) is 2.97. The van der Waals surface area contributed by atoms with E-state index < -0.39 is 0 Å². The van der Waals surface area contributed by atoms with Crippen LogP contribution in [0, 0.1) is 0 Å². The Kier molecular flexibility index (Phi) is 4.20. The Labute approximate surface area is 113 Å². The second-order valence-electron chi connectivity index (χ2n) is 5.12. The smallest absolute Gasteiger partial charge is 0.226 e. The third-order valence-electron chi connectivity index (χ3n) is 3.72. The van der Waals surface area contributed by atoms with Crippen molar-refractivity contribution in [3.05, 3.63) is 29.8 Å². The van der Waals surface area contributed by atoms with Crippen LogP contribution in [-0.2, 0) is 16.0 Å². The predicted octanol–water partition coefficient (Wildman–Crippen LogP) is 1.90. The van der Waals surface area contributed by atoms with E-state index in [4.69, 9.17) is 0 Å². The largest absolute Gasteiger partial charge is 0.508 e. The highest BCUT2D eigenvalue weighted by atomic mass is 16.3. The summed E-state index contributed by atoms with van der Waals surface area (Å²) in [5, 5.41) is 9.38. The maximum Gasteiger partial charge on any atom is 0.226 e. The van der Waals surface area contributed by atoms with Crippen LogP contribution in [0.15, 0.2) is 24.3 Å². The predicted molar refractivity (Wildman–Crippen MR) is 71.8 cm³/mol. The average molecular weight is 261 g/mol. The van der Waals surface area contributed by atoms with E-state index in [0.717, 1.165) is 18.4 Å². The first-order valence-electron chi connectivity index (χ1n) is 6.61. The lowest BCUT2D eigenvalue weighted by atomic mass is 9.93. The fraction of sp³-hybridized carbons (Fsp3) is 0.467. The van der Waals surface area contributed by atoms with Crippen LogP contribution < -0.4 is 0 Å². The lowest BCUT2D eigenvalue weighted by Gasteiger charge is -2.30.